The zero-order valence-corrected chi connectivity index (χ0v) is 8.82. The quantitative estimate of drug-likeness (QED) is 0.465. The number of benzene rings is 1. The number of nitrogens with zero attached hydrogens (tertiary/aromatic N) is 1. The van der Waals surface area contributed by atoms with Gasteiger partial charge in [0.2, 0.25) is 0 Å². The Morgan fingerprint density at radius 2 is 2.15 bits per heavy atom. The molecule has 0 heterocycles. The number of alkyl halides is 1. The molecule has 0 saturated carbocycles. The fourth-order valence-corrected chi connectivity index (χ4v) is 1.50. The molecular formula is C9H10BrNO2. The first-order valence-electron chi connectivity index (χ1n) is 3.96. The van der Waals surface area contributed by atoms with Gasteiger partial charge in [-0.3, -0.25) is 10.1 Å². The Bertz CT molecular complexity index is 314. The lowest BCUT2D eigenvalue weighted by atomic mass is 10.0. The van der Waals surface area contributed by atoms with E-state index in [4.69, 9.17) is 0 Å². The molecular weight excluding hydrogens is 234 g/mol. The van der Waals surface area contributed by atoms with E-state index in [0.29, 0.717) is 0 Å². The first kappa shape index (κ1) is 10.2. The van der Waals surface area contributed by atoms with E-state index in [-0.39, 0.29) is 16.5 Å². The molecule has 0 amide bonds. The molecule has 0 aliphatic heterocycles. The summed E-state index contributed by atoms with van der Waals surface area (Å²) in [7, 11) is 0. The summed E-state index contributed by atoms with van der Waals surface area (Å²) in [4.78, 5) is 10.3. The maximum atomic E-state index is 10.6. The van der Waals surface area contributed by atoms with Crippen LogP contribution < -0.4 is 0 Å². The Morgan fingerprint density at radius 1 is 1.54 bits per heavy atom. The Morgan fingerprint density at radius 3 is 2.69 bits per heavy atom. The molecule has 0 radical (unpaired) electrons. The third-order valence-electron chi connectivity index (χ3n) is 1.90. The monoisotopic (exact) mass is 243 g/mol. The van der Waals surface area contributed by atoms with Gasteiger partial charge in [0.25, 0.3) is 5.69 Å². The fourth-order valence-electron chi connectivity index (χ4n) is 1.15. The van der Waals surface area contributed by atoms with Gasteiger partial charge in [0, 0.05) is 17.0 Å². The van der Waals surface area contributed by atoms with Crippen LogP contribution in [0.4, 0.5) is 5.69 Å². The molecule has 0 aliphatic carbocycles. The number of hydrogen-bond donors (Lipinski definition) is 0. The second kappa shape index (κ2) is 4.37. The number of nitro groups is 1. The highest BCUT2D eigenvalue weighted by Gasteiger charge is 2.16. The van der Waals surface area contributed by atoms with E-state index in [0.717, 1.165) is 10.9 Å². The lowest BCUT2D eigenvalue weighted by Gasteiger charge is -2.07. The highest BCUT2D eigenvalue weighted by Crippen LogP contribution is 2.26. The molecule has 0 spiro atoms. The molecule has 0 aromatic heterocycles. The van der Waals surface area contributed by atoms with E-state index in [1.54, 1.807) is 12.1 Å². The van der Waals surface area contributed by atoms with Crippen LogP contribution in [0.2, 0.25) is 0 Å². The van der Waals surface area contributed by atoms with Crippen molar-refractivity contribution in [2.45, 2.75) is 12.8 Å². The molecule has 3 nitrogen and oxygen atoms in total. The second-order valence-electron chi connectivity index (χ2n) is 2.87. The van der Waals surface area contributed by atoms with Gasteiger partial charge in [0.05, 0.1) is 4.92 Å². The van der Waals surface area contributed by atoms with Gasteiger partial charge >= 0.3 is 0 Å². The van der Waals surface area contributed by atoms with Gasteiger partial charge in [-0.25, -0.2) is 0 Å². The molecule has 0 saturated heterocycles. The lowest BCUT2D eigenvalue weighted by molar-refractivity contribution is -0.385. The third kappa shape index (κ3) is 2.28. The van der Waals surface area contributed by atoms with Gasteiger partial charge in [-0.1, -0.05) is 41.1 Å². The Kier molecular flexibility index (Phi) is 3.42. The van der Waals surface area contributed by atoms with E-state index in [1.807, 2.05) is 13.0 Å². The number of halogens is 1. The van der Waals surface area contributed by atoms with Crippen LogP contribution in [0.1, 0.15) is 18.4 Å². The second-order valence-corrected chi connectivity index (χ2v) is 3.52. The summed E-state index contributed by atoms with van der Waals surface area (Å²) in [6, 6.07) is 6.84. The van der Waals surface area contributed by atoms with Crippen LogP contribution in [0.3, 0.4) is 0 Å². The minimum atomic E-state index is -0.339. The van der Waals surface area contributed by atoms with Crippen molar-refractivity contribution < 1.29 is 4.92 Å². The molecule has 0 N–H and O–H groups in total. The zero-order valence-electron chi connectivity index (χ0n) is 7.24. The molecule has 0 bridgehead atoms. The maximum Gasteiger partial charge on any atom is 0.272 e. The largest absolute Gasteiger partial charge is 0.272 e. The number of hydrogen-bond acceptors (Lipinski definition) is 2. The van der Waals surface area contributed by atoms with Crippen molar-refractivity contribution in [1.82, 2.24) is 0 Å². The van der Waals surface area contributed by atoms with Crippen molar-refractivity contribution in [3.05, 3.63) is 39.9 Å². The Hall–Kier alpha value is -0.900. The highest BCUT2D eigenvalue weighted by atomic mass is 79.9. The minimum Gasteiger partial charge on any atom is -0.258 e. The van der Waals surface area contributed by atoms with E-state index in [1.165, 1.54) is 6.07 Å². The summed E-state index contributed by atoms with van der Waals surface area (Å²) >= 11 is 3.31. The molecule has 70 valence electrons. The van der Waals surface area contributed by atoms with Gasteiger partial charge in [-0.15, -0.1) is 0 Å². The Labute approximate surface area is 85.0 Å². The van der Waals surface area contributed by atoms with Gasteiger partial charge in [-0.05, 0) is 5.92 Å². The van der Waals surface area contributed by atoms with Crippen molar-refractivity contribution in [3.8, 4) is 0 Å². The summed E-state index contributed by atoms with van der Waals surface area (Å²) in [6.07, 6.45) is 0. The zero-order chi connectivity index (χ0) is 9.84. The first-order chi connectivity index (χ1) is 6.16. The topological polar surface area (TPSA) is 43.1 Å². The predicted molar refractivity (Wildman–Crippen MR) is 55.3 cm³/mol. The average Bonchev–Trinajstić information content (AvgIpc) is 2.16. The minimum absolute atomic E-state index is 0.168. The normalized spacial score (nSPS) is 12.5. The fraction of sp³-hybridized carbons (Fsp3) is 0.333. The molecule has 0 aliphatic rings. The summed E-state index contributed by atoms with van der Waals surface area (Å²) in [6.45, 7) is 1.96. The van der Waals surface area contributed by atoms with Gasteiger partial charge in [0.15, 0.2) is 0 Å². The summed E-state index contributed by atoms with van der Waals surface area (Å²) in [5, 5.41) is 11.4. The van der Waals surface area contributed by atoms with Gasteiger partial charge < -0.3 is 0 Å². The SMILES string of the molecule is CC(CBr)c1ccccc1[N+](=O)[O-]. The van der Waals surface area contributed by atoms with E-state index < -0.39 is 0 Å². The van der Waals surface area contributed by atoms with Crippen molar-refractivity contribution >= 4 is 21.6 Å². The van der Waals surface area contributed by atoms with Gasteiger partial charge in [-0.2, -0.15) is 0 Å². The summed E-state index contributed by atoms with van der Waals surface area (Å²) in [5.41, 5.74) is 0.985. The highest BCUT2D eigenvalue weighted by molar-refractivity contribution is 9.09. The number of nitro benzene ring substituents is 1. The third-order valence-corrected chi connectivity index (χ3v) is 2.87. The molecule has 1 aromatic carbocycles. The number of rotatable bonds is 3. The van der Waals surface area contributed by atoms with Crippen molar-refractivity contribution in [2.24, 2.45) is 0 Å². The van der Waals surface area contributed by atoms with E-state index in [2.05, 4.69) is 15.9 Å². The predicted octanol–water partition coefficient (Wildman–Crippen LogP) is 3.09. The molecule has 0 fully saturated rings. The molecule has 1 rings (SSSR count). The molecule has 1 atom stereocenters. The maximum absolute atomic E-state index is 10.6. The van der Waals surface area contributed by atoms with Crippen molar-refractivity contribution in [2.75, 3.05) is 5.33 Å². The molecule has 1 aromatic rings. The van der Waals surface area contributed by atoms with Crippen molar-refractivity contribution in [3.63, 3.8) is 0 Å². The van der Waals surface area contributed by atoms with Crippen LogP contribution in [-0.2, 0) is 0 Å². The summed E-state index contributed by atoms with van der Waals surface area (Å²) < 4.78 is 0. The van der Waals surface area contributed by atoms with Crippen LogP contribution in [0, 0.1) is 10.1 Å². The molecule has 4 heteroatoms. The molecule has 1 unspecified atom stereocenters. The number of para-hydroxylation sites is 1. The first-order valence-corrected chi connectivity index (χ1v) is 5.08. The summed E-state index contributed by atoms with van der Waals surface area (Å²) in [5.74, 6) is 0.168. The smallest absolute Gasteiger partial charge is 0.258 e. The van der Waals surface area contributed by atoms with Gasteiger partial charge in [0.1, 0.15) is 0 Å². The van der Waals surface area contributed by atoms with Crippen LogP contribution in [0.5, 0.6) is 0 Å². The average molecular weight is 244 g/mol. The van der Waals surface area contributed by atoms with Crippen LogP contribution in [0.15, 0.2) is 24.3 Å². The van der Waals surface area contributed by atoms with E-state index >= 15 is 0 Å². The van der Waals surface area contributed by atoms with Crippen LogP contribution in [-0.4, -0.2) is 10.3 Å². The van der Waals surface area contributed by atoms with E-state index in [9.17, 15) is 10.1 Å². The molecule has 13 heavy (non-hydrogen) atoms. The van der Waals surface area contributed by atoms with Crippen LogP contribution in [0.25, 0.3) is 0 Å². The standard InChI is InChI=1S/C9H10BrNO2/c1-7(6-10)8-4-2-3-5-9(8)11(12)13/h2-5,7H,6H2,1H3. The van der Waals surface area contributed by atoms with Crippen LogP contribution >= 0.6 is 15.9 Å². The Balaban J connectivity index is 3.11. The van der Waals surface area contributed by atoms with Crippen molar-refractivity contribution in [1.29, 1.82) is 0 Å². The lowest BCUT2D eigenvalue weighted by Crippen LogP contribution is -2.00.